The second kappa shape index (κ2) is 12.2. The monoisotopic (exact) mass is 553 g/mol. The van der Waals surface area contributed by atoms with Crippen LogP contribution in [0.4, 0.5) is 27.7 Å². The third-order valence-electron chi connectivity index (χ3n) is 6.72. The van der Waals surface area contributed by atoms with E-state index in [0.29, 0.717) is 29.9 Å². The number of urea groups is 1. The zero-order valence-electron chi connectivity index (χ0n) is 21.6. The molecule has 2 amide bonds. The molecule has 0 atom stereocenters. The molecule has 0 unspecified atom stereocenters. The number of nitrogens with zero attached hydrogens (tertiary/aromatic N) is 5. The average Bonchev–Trinajstić information content (AvgIpc) is 2.94. The standard InChI is InChI=1S/C27H32ClN7O2S/c1-33-11-13-34(14-12-33)22-9-7-21(8-10-22)30-27(36)29-20-5-3-19(4-6-20)25-31-24(28)23(38-2)26(32-25)35-15-17-37-18-16-35/h3-10H,11-18H2,1-2H3,(H2,29,30,36). The zero-order chi connectivity index (χ0) is 26.5. The third kappa shape index (κ3) is 6.32. The van der Waals surface area contributed by atoms with Crippen molar-refractivity contribution in [3.63, 3.8) is 0 Å². The number of carbonyl (C=O) groups is 1. The number of morpholine rings is 1. The summed E-state index contributed by atoms with van der Waals surface area (Å²) in [7, 11) is 2.14. The Labute approximate surface area is 232 Å². The molecule has 11 heteroatoms. The highest BCUT2D eigenvalue weighted by Crippen LogP contribution is 2.35. The number of hydrogen-bond donors (Lipinski definition) is 2. The SMILES string of the molecule is CSc1c(Cl)nc(-c2ccc(NC(=O)Nc3ccc(N4CCN(C)CC4)cc3)cc2)nc1N1CCOCC1. The van der Waals surface area contributed by atoms with Gasteiger partial charge in [-0.1, -0.05) is 11.6 Å². The largest absolute Gasteiger partial charge is 0.378 e. The summed E-state index contributed by atoms with van der Waals surface area (Å²) in [5.74, 6) is 1.38. The number of ether oxygens (including phenoxy) is 1. The molecule has 2 N–H and O–H groups in total. The van der Waals surface area contributed by atoms with E-state index in [9.17, 15) is 4.79 Å². The van der Waals surface area contributed by atoms with Crippen LogP contribution in [0.15, 0.2) is 53.4 Å². The van der Waals surface area contributed by atoms with Gasteiger partial charge in [0.25, 0.3) is 0 Å². The highest BCUT2D eigenvalue weighted by atomic mass is 35.5. The number of hydrogen-bond acceptors (Lipinski definition) is 8. The molecule has 2 aliphatic heterocycles. The van der Waals surface area contributed by atoms with Gasteiger partial charge in [0.05, 0.1) is 18.1 Å². The topological polar surface area (TPSA) is 85.9 Å². The lowest BCUT2D eigenvalue weighted by atomic mass is 10.2. The summed E-state index contributed by atoms with van der Waals surface area (Å²) < 4.78 is 5.49. The number of benzene rings is 2. The van der Waals surface area contributed by atoms with Crippen LogP contribution in [0.1, 0.15) is 0 Å². The number of likely N-dealkylation sites (N-methyl/N-ethyl adjacent to an activating group) is 1. The molecule has 38 heavy (non-hydrogen) atoms. The molecule has 0 radical (unpaired) electrons. The van der Waals surface area contributed by atoms with Crippen LogP contribution in [0.25, 0.3) is 11.4 Å². The molecule has 0 bridgehead atoms. The first-order valence-electron chi connectivity index (χ1n) is 12.7. The van der Waals surface area contributed by atoms with Crippen molar-refractivity contribution < 1.29 is 9.53 Å². The zero-order valence-corrected chi connectivity index (χ0v) is 23.2. The lowest BCUT2D eigenvalue weighted by Gasteiger charge is -2.34. The van der Waals surface area contributed by atoms with E-state index in [1.807, 2.05) is 54.8 Å². The van der Waals surface area contributed by atoms with E-state index in [-0.39, 0.29) is 6.03 Å². The number of halogens is 1. The van der Waals surface area contributed by atoms with Gasteiger partial charge in [-0.2, -0.15) is 0 Å². The molecule has 2 saturated heterocycles. The van der Waals surface area contributed by atoms with Crippen LogP contribution in [0, 0.1) is 0 Å². The van der Waals surface area contributed by atoms with Gasteiger partial charge < -0.3 is 30.1 Å². The molecule has 200 valence electrons. The van der Waals surface area contributed by atoms with Gasteiger partial charge >= 0.3 is 6.03 Å². The first-order chi connectivity index (χ1) is 18.5. The number of thioether (sulfide) groups is 1. The molecule has 0 spiro atoms. The van der Waals surface area contributed by atoms with Crippen molar-refractivity contribution in [1.82, 2.24) is 14.9 Å². The fourth-order valence-corrected chi connectivity index (χ4v) is 5.49. The predicted octanol–water partition coefficient (Wildman–Crippen LogP) is 4.75. The normalized spacial score (nSPS) is 16.4. The Morgan fingerprint density at radius 2 is 1.47 bits per heavy atom. The minimum Gasteiger partial charge on any atom is -0.378 e. The summed E-state index contributed by atoms with van der Waals surface area (Å²) in [5, 5.41) is 6.22. The Morgan fingerprint density at radius 1 is 0.868 bits per heavy atom. The second-order valence-electron chi connectivity index (χ2n) is 9.29. The Bertz CT molecular complexity index is 1250. The number of rotatable bonds is 6. The van der Waals surface area contributed by atoms with Gasteiger partial charge in [0, 0.05) is 61.9 Å². The Kier molecular flexibility index (Phi) is 8.53. The minimum atomic E-state index is -0.302. The average molecular weight is 554 g/mol. The maximum absolute atomic E-state index is 12.6. The van der Waals surface area contributed by atoms with E-state index < -0.39 is 0 Å². The van der Waals surface area contributed by atoms with Crippen molar-refractivity contribution in [2.75, 3.05) is 86.2 Å². The fourth-order valence-electron chi connectivity index (χ4n) is 4.52. The number of aromatic nitrogens is 2. The maximum Gasteiger partial charge on any atom is 0.323 e. The van der Waals surface area contributed by atoms with Crippen molar-refractivity contribution in [1.29, 1.82) is 0 Å². The van der Waals surface area contributed by atoms with Crippen molar-refractivity contribution >= 4 is 52.3 Å². The molecule has 3 heterocycles. The van der Waals surface area contributed by atoms with Crippen LogP contribution >= 0.6 is 23.4 Å². The molecular weight excluding hydrogens is 522 g/mol. The van der Waals surface area contributed by atoms with Crippen LogP contribution in [-0.2, 0) is 4.74 Å². The maximum atomic E-state index is 12.6. The van der Waals surface area contributed by atoms with Crippen LogP contribution in [-0.4, -0.2) is 86.7 Å². The van der Waals surface area contributed by atoms with Crippen LogP contribution in [0.5, 0.6) is 0 Å². The summed E-state index contributed by atoms with van der Waals surface area (Å²) in [6.45, 7) is 6.96. The van der Waals surface area contributed by atoms with Gasteiger partial charge in [-0.3, -0.25) is 0 Å². The molecular formula is C27H32ClN7O2S. The van der Waals surface area contributed by atoms with Crippen LogP contribution < -0.4 is 20.4 Å². The van der Waals surface area contributed by atoms with Crippen LogP contribution in [0.3, 0.4) is 0 Å². The molecule has 2 aromatic carbocycles. The van der Waals surface area contributed by atoms with Gasteiger partial charge in [0.2, 0.25) is 0 Å². The van der Waals surface area contributed by atoms with Crippen LogP contribution in [0.2, 0.25) is 5.15 Å². The highest BCUT2D eigenvalue weighted by Gasteiger charge is 2.21. The molecule has 2 aliphatic rings. The highest BCUT2D eigenvalue weighted by molar-refractivity contribution is 7.98. The number of piperazine rings is 1. The molecule has 2 fully saturated rings. The van der Waals surface area contributed by atoms with Crippen molar-refractivity contribution in [2.24, 2.45) is 0 Å². The molecule has 0 saturated carbocycles. The van der Waals surface area contributed by atoms with E-state index in [1.165, 1.54) is 17.4 Å². The molecule has 9 nitrogen and oxygen atoms in total. The fraction of sp³-hybridized carbons (Fsp3) is 0.370. The van der Waals surface area contributed by atoms with E-state index in [2.05, 4.69) is 37.4 Å². The third-order valence-corrected chi connectivity index (χ3v) is 7.89. The number of carbonyl (C=O) groups excluding carboxylic acids is 1. The van der Waals surface area contributed by atoms with E-state index in [1.54, 1.807) is 0 Å². The summed E-state index contributed by atoms with van der Waals surface area (Å²) in [5.41, 5.74) is 3.40. The first-order valence-corrected chi connectivity index (χ1v) is 14.3. The van der Waals surface area contributed by atoms with Gasteiger partial charge in [0.1, 0.15) is 11.0 Å². The van der Waals surface area contributed by atoms with Gasteiger partial charge in [-0.15, -0.1) is 11.8 Å². The Hall–Kier alpha value is -3.05. The van der Waals surface area contributed by atoms with Crippen molar-refractivity contribution in [3.8, 4) is 11.4 Å². The predicted molar refractivity (Wildman–Crippen MR) is 156 cm³/mol. The van der Waals surface area contributed by atoms with E-state index in [0.717, 1.165) is 61.2 Å². The van der Waals surface area contributed by atoms with Gasteiger partial charge in [-0.05, 0) is 61.8 Å². The van der Waals surface area contributed by atoms with Gasteiger partial charge in [-0.25, -0.2) is 14.8 Å². The summed E-state index contributed by atoms with van der Waals surface area (Å²) in [6, 6.07) is 15.1. The van der Waals surface area contributed by atoms with Gasteiger partial charge in [0.15, 0.2) is 5.82 Å². The lowest BCUT2D eigenvalue weighted by Crippen LogP contribution is -2.44. The second-order valence-corrected chi connectivity index (χ2v) is 10.5. The summed E-state index contributed by atoms with van der Waals surface area (Å²) in [6.07, 6.45) is 1.97. The first kappa shape index (κ1) is 26.6. The van der Waals surface area contributed by atoms with E-state index in [4.69, 9.17) is 21.3 Å². The van der Waals surface area contributed by atoms with Crippen molar-refractivity contribution in [2.45, 2.75) is 4.90 Å². The van der Waals surface area contributed by atoms with Crippen molar-refractivity contribution in [3.05, 3.63) is 53.7 Å². The van der Waals surface area contributed by atoms with E-state index >= 15 is 0 Å². The Balaban J connectivity index is 1.22. The summed E-state index contributed by atoms with van der Waals surface area (Å²) in [4.78, 5) is 29.7. The molecule has 3 aromatic rings. The molecule has 0 aliphatic carbocycles. The summed E-state index contributed by atoms with van der Waals surface area (Å²) >= 11 is 8.08. The Morgan fingerprint density at radius 3 is 2.08 bits per heavy atom. The molecule has 1 aromatic heterocycles. The smallest absolute Gasteiger partial charge is 0.323 e. The quantitative estimate of drug-likeness (QED) is 0.334. The minimum absolute atomic E-state index is 0.302. The number of amides is 2. The number of anilines is 4. The number of nitrogens with one attached hydrogen (secondary N) is 2. The lowest BCUT2D eigenvalue weighted by molar-refractivity contribution is 0.122. The molecule has 5 rings (SSSR count).